The predicted molar refractivity (Wildman–Crippen MR) is 65.9 cm³/mol. The number of hydrogen-bond donors (Lipinski definition) is 1. The maximum Gasteiger partial charge on any atom is 0.0231 e. The lowest BCUT2D eigenvalue weighted by molar-refractivity contribution is 0.310. The number of likely N-dealkylation sites (N-methyl/N-ethyl adjacent to an activating group) is 1. The first-order valence-corrected chi connectivity index (χ1v) is 5.49. The van der Waals surface area contributed by atoms with Gasteiger partial charge in [-0.1, -0.05) is 18.2 Å². The van der Waals surface area contributed by atoms with Crippen molar-refractivity contribution in [2.24, 2.45) is 5.73 Å². The van der Waals surface area contributed by atoms with Gasteiger partial charge in [0.25, 0.3) is 0 Å². The van der Waals surface area contributed by atoms with Gasteiger partial charge >= 0.3 is 0 Å². The first-order chi connectivity index (χ1) is 6.99. The molecule has 0 aromatic heterocycles. The van der Waals surface area contributed by atoms with E-state index in [9.17, 15) is 0 Å². The molecule has 0 fully saturated rings. The van der Waals surface area contributed by atoms with E-state index in [1.165, 1.54) is 16.7 Å². The molecule has 2 heteroatoms. The maximum absolute atomic E-state index is 5.76. The van der Waals surface area contributed by atoms with E-state index in [1.54, 1.807) is 0 Å². The standard InChI is InChI=1S/C13H22N2/c1-10-5-6-13(7-11(10)2)9-15(4)8-12(3)14/h5-7,12H,8-9,14H2,1-4H3. The zero-order valence-electron chi connectivity index (χ0n) is 10.2. The fourth-order valence-electron chi connectivity index (χ4n) is 1.77. The summed E-state index contributed by atoms with van der Waals surface area (Å²) < 4.78 is 0. The Balaban J connectivity index is 2.60. The fourth-order valence-corrected chi connectivity index (χ4v) is 1.77. The van der Waals surface area contributed by atoms with Crippen LogP contribution in [0.1, 0.15) is 23.6 Å². The Bertz CT molecular complexity index is 318. The van der Waals surface area contributed by atoms with Gasteiger partial charge in [-0.15, -0.1) is 0 Å². The Morgan fingerprint density at radius 1 is 1.27 bits per heavy atom. The van der Waals surface area contributed by atoms with Gasteiger partial charge in [-0.3, -0.25) is 0 Å². The van der Waals surface area contributed by atoms with Crippen LogP contribution >= 0.6 is 0 Å². The van der Waals surface area contributed by atoms with Crippen LogP contribution in [0.25, 0.3) is 0 Å². The molecule has 2 N–H and O–H groups in total. The van der Waals surface area contributed by atoms with E-state index < -0.39 is 0 Å². The summed E-state index contributed by atoms with van der Waals surface area (Å²) in [6, 6.07) is 6.87. The Labute approximate surface area is 93.1 Å². The van der Waals surface area contributed by atoms with Crippen molar-refractivity contribution in [2.45, 2.75) is 33.4 Å². The molecule has 2 nitrogen and oxygen atoms in total. The third kappa shape index (κ3) is 4.02. The molecule has 0 bridgehead atoms. The first-order valence-electron chi connectivity index (χ1n) is 5.49. The molecule has 1 atom stereocenters. The third-order valence-corrected chi connectivity index (χ3v) is 2.62. The van der Waals surface area contributed by atoms with Crippen molar-refractivity contribution in [3.05, 3.63) is 34.9 Å². The minimum atomic E-state index is 0.238. The summed E-state index contributed by atoms with van der Waals surface area (Å²) >= 11 is 0. The zero-order chi connectivity index (χ0) is 11.4. The van der Waals surface area contributed by atoms with Crippen molar-refractivity contribution >= 4 is 0 Å². The molecule has 0 aliphatic heterocycles. The summed E-state index contributed by atoms with van der Waals surface area (Å²) in [5.41, 5.74) is 9.84. The highest BCUT2D eigenvalue weighted by molar-refractivity contribution is 5.29. The molecule has 0 amide bonds. The van der Waals surface area contributed by atoms with Crippen LogP contribution in [-0.2, 0) is 6.54 Å². The molecular weight excluding hydrogens is 184 g/mol. The zero-order valence-corrected chi connectivity index (χ0v) is 10.2. The van der Waals surface area contributed by atoms with Crippen molar-refractivity contribution in [3.63, 3.8) is 0 Å². The van der Waals surface area contributed by atoms with Crippen molar-refractivity contribution in [1.29, 1.82) is 0 Å². The first kappa shape index (κ1) is 12.2. The van der Waals surface area contributed by atoms with Gasteiger partial charge in [0, 0.05) is 19.1 Å². The summed E-state index contributed by atoms with van der Waals surface area (Å²) in [7, 11) is 2.11. The molecule has 1 aromatic carbocycles. The molecule has 1 unspecified atom stereocenters. The Kier molecular flexibility index (Phi) is 4.30. The van der Waals surface area contributed by atoms with E-state index in [0.717, 1.165) is 13.1 Å². The largest absolute Gasteiger partial charge is 0.327 e. The molecule has 1 rings (SSSR count). The van der Waals surface area contributed by atoms with Crippen LogP contribution < -0.4 is 5.73 Å². The van der Waals surface area contributed by atoms with E-state index in [1.807, 2.05) is 6.92 Å². The lowest BCUT2D eigenvalue weighted by atomic mass is 10.1. The predicted octanol–water partition coefficient (Wildman–Crippen LogP) is 2.08. The summed E-state index contributed by atoms with van der Waals surface area (Å²) in [4.78, 5) is 2.26. The molecule has 15 heavy (non-hydrogen) atoms. The van der Waals surface area contributed by atoms with E-state index >= 15 is 0 Å². The van der Waals surface area contributed by atoms with Crippen LogP contribution in [0.4, 0.5) is 0 Å². The second kappa shape index (κ2) is 5.29. The number of nitrogens with zero attached hydrogens (tertiary/aromatic N) is 1. The summed E-state index contributed by atoms with van der Waals surface area (Å²) in [6.45, 7) is 8.25. The molecule has 0 aliphatic rings. The van der Waals surface area contributed by atoms with Gasteiger partial charge in [-0.25, -0.2) is 0 Å². The normalized spacial score (nSPS) is 13.2. The minimum absolute atomic E-state index is 0.238. The van der Waals surface area contributed by atoms with Crippen LogP contribution in [0.15, 0.2) is 18.2 Å². The SMILES string of the molecule is Cc1ccc(CN(C)CC(C)N)cc1C. The smallest absolute Gasteiger partial charge is 0.0231 e. The molecule has 84 valence electrons. The molecule has 0 saturated heterocycles. The number of benzene rings is 1. The molecule has 0 saturated carbocycles. The number of rotatable bonds is 4. The number of aryl methyl sites for hydroxylation is 2. The van der Waals surface area contributed by atoms with E-state index in [2.05, 4.69) is 44.0 Å². The average molecular weight is 206 g/mol. The van der Waals surface area contributed by atoms with Gasteiger partial charge in [0.15, 0.2) is 0 Å². The summed E-state index contributed by atoms with van der Waals surface area (Å²) in [5.74, 6) is 0. The minimum Gasteiger partial charge on any atom is -0.327 e. The highest BCUT2D eigenvalue weighted by atomic mass is 15.1. The van der Waals surface area contributed by atoms with Gasteiger partial charge in [0.2, 0.25) is 0 Å². The number of nitrogens with two attached hydrogens (primary N) is 1. The van der Waals surface area contributed by atoms with Gasteiger partial charge in [0.05, 0.1) is 0 Å². The van der Waals surface area contributed by atoms with Crippen molar-refractivity contribution in [2.75, 3.05) is 13.6 Å². The summed E-state index contributed by atoms with van der Waals surface area (Å²) in [6.07, 6.45) is 0. The third-order valence-electron chi connectivity index (χ3n) is 2.62. The maximum atomic E-state index is 5.76. The Morgan fingerprint density at radius 3 is 2.47 bits per heavy atom. The van der Waals surface area contributed by atoms with E-state index in [0.29, 0.717) is 0 Å². The van der Waals surface area contributed by atoms with Crippen molar-refractivity contribution in [1.82, 2.24) is 4.90 Å². The van der Waals surface area contributed by atoms with Crippen LogP contribution in [-0.4, -0.2) is 24.5 Å². The van der Waals surface area contributed by atoms with Gasteiger partial charge in [0.1, 0.15) is 0 Å². The Morgan fingerprint density at radius 2 is 1.93 bits per heavy atom. The molecule has 0 radical (unpaired) electrons. The molecule has 0 aliphatic carbocycles. The highest BCUT2D eigenvalue weighted by Gasteiger charge is 2.03. The fraction of sp³-hybridized carbons (Fsp3) is 0.538. The van der Waals surface area contributed by atoms with Crippen molar-refractivity contribution < 1.29 is 0 Å². The monoisotopic (exact) mass is 206 g/mol. The molecule has 1 aromatic rings. The molecular formula is C13H22N2. The van der Waals surface area contributed by atoms with Crippen LogP contribution in [0, 0.1) is 13.8 Å². The average Bonchev–Trinajstić information content (AvgIpc) is 2.10. The van der Waals surface area contributed by atoms with Crippen LogP contribution in [0.3, 0.4) is 0 Å². The van der Waals surface area contributed by atoms with Gasteiger partial charge in [-0.05, 0) is 44.5 Å². The van der Waals surface area contributed by atoms with E-state index in [-0.39, 0.29) is 6.04 Å². The second-order valence-corrected chi connectivity index (χ2v) is 4.59. The lowest BCUT2D eigenvalue weighted by Gasteiger charge is -2.19. The van der Waals surface area contributed by atoms with Crippen LogP contribution in [0.5, 0.6) is 0 Å². The highest BCUT2D eigenvalue weighted by Crippen LogP contribution is 2.11. The Hall–Kier alpha value is -0.860. The molecule has 0 heterocycles. The second-order valence-electron chi connectivity index (χ2n) is 4.59. The lowest BCUT2D eigenvalue weighted by Crippen LogP contribution is -2.32. The van der Waals surface area contributed by atoms with Gasteiger partial charge < -0.3 is 10.6 Å². The topological polar surface area (TPSA) is 29.3 Å². The summed E-state index contributed by atoms with van der Waals surface area (Å²) in [5, 5.41) is 0. The van der Waals surface area contributed by atoms with E-state index in [4.69, 9.17) is 5.73 Å². The van der Waals surface area contributed by atoms with Gasteiger partial charge in [-0.2, -0.15) is 0 Å². The quantitative estimate of drug-likeness (QED) is 0.817. The molecule has 0 spiro atoms. The number of hydrogen-bond acceptors (Lipinski definition) is 2. The van der Waals surface area contributed by atoms with Crippen LogP contribution in [0.2, 0.25) is 0 Å². The van der Waals surface area contributed by atoms with Crippen molar-refractivity contribution in [3.8, 4) is 0 Å².